The molecule has 1 atom stereocenters. The summed E-state index contributed by atoms with van der Waals surface area (Å²) in [6.07, 6.45) is 6.66. The maximum atomic E-state index is 8.83. The first-order valence-corrected chi connectivity index (χ1v) is 4.56. The van der Waals surface area contributed by atoms with Gasteiger partial charge in [0.1, 0.15) is 0 Å². The van der Waals surface area contributed by atoms with E-state index in [1.807, 2.05) is 18.2 Å². The van der Waals surface area contributed by atoms with Gasteiger partial charge in [-0.25, -0.2) is 0 Å². The molecule has 0 bridgehead atoms. The van der Waals surface area contributed by atoms with Gasteiger partial charge in [-0.15, -0.1) is 0 Å². The first-order valence-electron chi connectivity index (χ1n) is 4.56. The Labute approximate surface area is 78.0 Å². The SMILES string of the molecule is OCC1C=CC(CCC(O)O)=CC1. The van der Waals surface area contributed by atoms with Crippen molar-refractivity contribution in [2.45, 2.75) is 25.6 Å². The lowest BCUT2D eigenvalue weighted by Crippen LogP contribution is -2.07. The van der Waals surface area contributed by atoms with Crippen molar-refractivity contribution in [2.24, 2.45) is 5.92 Å². The molecule has 0 saturated carbocycles. The molecule has 0 aromatic carbocycles. The monoisotopic (exact) mass is 184 g/mol. The van der Waals surface area contributed by atoms with E-state index in [1.165, 1.54) is 0 Å². The molecule has 0 aliphatic heterocycles. The van der Waals surface area contributed by atoms with Crippen molar-refractivity contribution in [1.29, 1.82) is 0 Å². The minimum absolute atomic E-state index is 0.183. The molecule has 1 aliphatic carbocycles. The Balaban J connectivity index is 2.30. The van der Waals surface area contributed by atoms with Gasteiger partial charge >= 0.3 is 0 Å². The van der Waals surface area contributed by atoms with E-state index in [1.54, 1.807) is 0 Å². The van der Waals surface area contributed by atoms with Crippen LogP contribution in [0.15, 0.2) is 23.8 Å². The van der Waals surface area contributed by atoms with Crippen LogP contribution in [0.3, 0.4) is 0 Å². The zero-order valence-electron chi connectivity index (χ0n) is 7.56. The van der Waals surface area contributed by atoms with E-state index >= 15 is 0 Å². The van der Waals surface area contributed by atoms with Crippen LogP contribution in [0.5, 0.6) is 0 Å². The maximum Gasteiger partial charge on any atom is 0.151 e. The van der Waals surface area contributed by atoms with Crippen LogP contribution in [0.2, 0.25) is 0 Å². The van der Waals surface area contributed by atoms with Crippen molar-refractivity contribution >= 4 is 0 Å². The second-order valence-electron chi connectivity index (χ2n) is 3.34. The summed E-state index contributed by atoms with van der Waals surface area (Å²) >= 11 is 0. The van der Waals surface area contributed by atoms with E-state index in [9.17, 15) is 0 Å². The molecule has 1 aliphatic rings. The van der Waals surface area contributed by atoms with Gasteiger partial charge in [-0.3, -0.25) is 0 Å². The molecule has 74 valence electrons. The van der Waals surface area contributed by atoms with Crippen molar-refractivity contribution in [3.8, 4) is 0 Å². The zero-order chi connectivity index (χ0) is 9.68. The molecule has 0 saturated heterocycles. The van der Waals surface area contributed by atoms with Crippen molar-refractivity contribution in [2.75, 3.05) is 6.61 Å². The summed E-state index contributed by atoms with van der Waals surface area (Å²) in [5.74, 6) is 0.239. The van der Waals surface area contributed by atoms with Crippen LogP contribution in [0.1, 0.15) is 19.3 Å². The third-order valence-electron chi connectivity index (χ3n) is 2.19. The van der Waals surface area contributed by atoms with E-state index in [2.05, 4.69) is 0 Å². The fraction of sp³-hybridized carbons (Fsp3) is 0.600. The predicted molar refractivity (Wildman–Crippen MR) is 49.9 cm³/mol. The maximum absolute atomic E-state index is 8.83. The molecular formula is C10H16O3. The van der Waals surface area contributed by atoms with E-state index in [0.717, 1.165) is 12.0 Å². The van der Waals surface area contributed by atoms with E-state index in [4.69, 9.17) is 15.3 Å². The number of allylic oxidation sites excluding steroid dienone is 3. The molecule has 0 heterocycles. The first-order chi connectivity index (χ1) is 6.22. The summed E-state index contributed by atoms with van der Waals surface area (Å²) in [7, 11) is 0. The molecule has 3 N–H and O–H groups in total. The lowest BCUT2D eigenvalue weighted by atomic mass is 9.95. The summed E-state index contributed by atoms with van der Waals surface area (Å²) in [6.45, 7) is 0.183. The number of hydrogen-bond acceptors (Lipinski definition) is 3. The Hall–Kier alpha value is -0.640. The molecule has 1 unspecified atom stereocenters. The lowest BCUT2D eigenvalue weighted by molar-refractivity contribution is -0.0445. The van der Waals surface area contributed by atoms with Crippen LogP contribution in [-0.4, -0.2) is 28.2 Å². The third-order valence-corrected chi connectivity index (χ3v) is 2.19. The summed E-state index contributed by atoms with van der Waals surface area (Å²) in [4.78, 5) is 0. The van der Waals surface area contributed by atoms with Gasteiger partial charge in [0.15, 0.2) is 6.29 Å². The second kappa shape index (κ2) is 5.17. The quantitative estimate of drug-likeness (QED) is 0.560. The fourth-order valence-corrected chi connectivity index (χ4v) is 1.33. The number of rotatable bonds is 4. The average molecular weight is 184 g/mol. The molecule has 0 spiro atoms. The Bertz CT molecular complexity index is 206. The van der Waals surface area contributed by atoms with Gasteiger partial charge < -0.3 is 15.3 Å². The average Bonchev–Trinajstić information content (AvgIpc) is 2.15. The Morgan fingerprint density at radius 2 is 2.23 bits per heavy atom. The first kappa shape index (κ1) is 10.4. The number of hydrogen-bond donors (Lipinski definition) is 3. The van der Waals surface area contributed by atoms with Gasteiger partial charge in [0, 0.05) is 18.9 Å². The van der Waals surface area contributed by atoms with Crippen LogP contribution < -0.4 is 0 Å². The van der Waals surface area contributed by atoms with Crippen LogP contribution in [0, 0.1) is 5.92 Å². The largest absolute Gasteiger partial charge is 0.396 e. The molecule has 13 heavy (non-hydrogen) atoms. The highest BCUT2D eigenvalue weighted by molar-refractivity contribution is 5.23. The Morgan fingerprint density at radius 1 is 1.46 bits per heavy atom. The summed E-state index contributed by atoms with van der Waals surface area (Å²) < 4.78 is 0. The van der Waals surface area contributed by atoms with Gasteiger partial charge in [-0.05, 0) is 12.8 Å². The highest BCUT2D eigenvalue weighted by Gasteiger charge is 2.07. The van der Waals surface area contributed by atoms with Crippen LogP contribution >= 0.6 is 0 Å². The highest BCUT2D eigenvalue weighted by atomic mass is 16.5. The standard InChI is InChI=1S/C10H16O3/c11-7-9-3-1-8(2-4-9)5-6-10(12)13/h1-3,9-13H,4-7H2. The van der Waals surface area contributed by atoms with Gasteiger partial charge in [-0.2, -0.15) is 0 Å². The lowest BCUT2D eigenvalue weighted by Gasteiger charge is -2.13. The van der Waals surface area contributed by atoms with Crippen LogP contribution in [0.25, 0.3) is 0 Å². The number of aliphatic hydroxyl groups excluding tert-OH is 2. The minimum Gasteiger partial charge on any atom is -0.396 e. The van der Waals surface area contributed by atoms with Crippen LogP contribution in [-0.2, 0) is 0 Å². The van der Waals surface area contributed by atoms with E-state index < -0.39 is 6.29 Å². The van der Waals surface area contributed by atoms with Crippen molar-refractivity contribution in [3.63, 3.8) is 0 Å². The minimum atomic E-state index is -1.22. The molecule has 0 fully saturated rings. The Kier molecular flexibility index (Phi) is 4.15. The summed E-state index contributed by atoms with van der Waals surface area (Å²) in [5.41, 5.74) is 1.12. The van der Waals surface area contributed by atoms with Gasteiger partial charge in [0.2, 0.25) is 0 Å². The van der Waals surface area contributed by atoms with Gasteiger partial charge in [0.05, 0.1) is 0 Å². The molecule has 0 amide bonds. The summed E-state index contributed by atoms with van der Waals surface area (Å²) in [5, 5.41) is 26.1. The number of aliphatic hydroxyl groups is 3. The van der Waals surface area contributed by atoms with Gasteiger partial charge in [0.25, 0.3) is 0 Å². The van der Waals surface area contributed by atoms with E-state index in [-0.39, 0.29) is 12.5 Å². The van der Waals surface area contributed by atoms with E-state index in [0.29, 0.717) is 12.8 Å². The topological polar surface area (TPSA) is 60.7 Å². The molecule has 0 aromatic heterocycles. The molecular weight excluding hydrogens is 168 g/mol. The summed E-state index contributed by atoms with van der Waals surface area (Å²) in [6, 6.07) is 0. The smallest absolute Gasteiger partial charge is 0.151 e. The zero-order valence-corrected chi connectivity index (χ0v) is 7.56. The Morgan fingerprint density at radius 3 is 2.69 bits per heavy atom. The molecule has 3 heteroatoms. The van der Waals surface area contributed by atoms with Crippen molar-refractivity contribution in [1.82, 2.24) is 0 Å². The van der Waals surface area contributed by atoms with Crippen molar-refractivity contribution in [3.05, 3.63) is 23.8 Å². The third kappa shape index (κ3) is 3.72. The second-order valence-corrected chi connectivity index (χ2v) is 3.34. The normalized spacial score (nSPS) is 22.2. The van der Waals surface area contributed by atoms with Crippen molar-refractivity contribution < 1.29 is 15.3 Å². The highest BCUT2D eigenvalue weighted by Crippen LogP contribution is 2.19. The predicted octanol–water partition coefficient (Wildman–Crippen LogP) is 0.572. The molecule has 0 radical (unpaired) electrons. The fourth-order valence-electron chi connectivity index (χ4n) is 1.33. The van der Waals surface area contributed by atoms with Gasteiger partial charge in [-0.1, -0.05) is 23.8 Å². The van der Waals surface area contributed by atoms with Crippen LogP contribution in [0.4, 0.5) is 0 Å². The molecule has 1 rings (SSSR count). The molecule has 3 nitrogen and oxygen atoms in total. The molecule has 0 aromatic rings.